The van der Waals surface area contributed by atoms with Crippen LogP contribution in [0.1, 0.15) is 11.1 Å². The minimum Gasteiger partial charge on any atom is -0.491 e. The van der Waals surface area contributed by atoms with Crippen LogP contribution in [0.15, 0.2) is 60.7 Å². The summed E-state index contributed by atoms with van der Waals surface area (Å²) in [4.78, 5) is 21.4. The van der Waals surface area contributed by atoms with Crippen LogP contribution in [0.3, 0.4) is 0 Å². The van der Waals surface area contributed by atoms with Crippen molar-refractivity contribution in [2.45, 2.75) is 0 Å². The van der Waals surface area contributed by atoms with E-state index in [0.717, 1.165) is 22.6 Å². The zero-order valence-corrected chi connectivity index (χ0v) is 20.7. The second-order valence-electron chi connectivity index (χ2n) is 6.95. The standard InChI is InChI=1S/C26H28Cl2O7/c27-25(29)11-5-21-1-7-23(8-2-21)34-19-17-32-15-13-31-14-16-33-18-20-35-24-9-3-22(4-10-24)6-12-26(28)30/h1-12H,13-20H2/b11-5+,12-6+. The van der Waals surface area contributed by atoms with Crippen LogP contribution >= 0.6 is 23.2 Å². The average Bonchev–Trinajstić information content (AvgIpc) is 2.85. The van der Waals surface area contributed by atoms with E-state index < -0.39 is 10.5 Å². The first-order valence-electron chi connectivity index (χ1n) is 11.0. The number of rotatable bonds is 18. The monoisotopic (exact) mass is 522 g/mol. The Labute approximate surface area is 215 Å². The van der Waals surface area contributed by atoms with Gasteiger partial charge in [0.1, 0.15) is 24.7 Å². The summed E-state index contributed by atoms with van der Waals surface area (Å²) >= 11 is 10.5. The van der Waals surface area contributed by atoms with Crippen LogP contribution in [-0.2, 0) is 23.8 Å². The lowest BCUT2D eigenvalue weighted by atomic mass is 10.2. The SMILES string of the molecule is O=C(Cl)/C=C/c1ccc(OCCOCCOCCOCCOc2ccc(/C=C/C(=O)Cl)cc2)cc1. The molecule has 0 unspecified atom stereocenters. The maximum atomic E-state index is 10.7. The Hall–Kier alpha value is -2.68. The predicted octanol–water partition coefficient (Wildman–Crippen LogP) is 4.75. The van der Waals surface area contributed by atoms with E-state index in [4.69, 9.17) is 46.9 Å². The molecule has 0 aliphatic rings. The lowest BCUT2D eigenvalue weighted by Gasteiger charge is -2.09. The first-order valence-corrected chi connectivity index (χ1v) is 11.7. The van der Waals surface area contributed by atoms with Gasteiger partial charge in [-0.05, 0) is 70.7 Å². The van der Waals surface area contributed by atoms with Gasteiger partial charge in [0.05, 0.1) is 39.6 Å². The highest BCUT2D eigenvalue weighted by Crippen LogP contribution is 2.14. The smallest absolute Gasteiger partial charge is 0.245 e. The molecular formula is C26H28Cl2O7. The van der Waals surface area contributed by atoms with Gasteiger partial charge in [0.15, 0.2) is 0 Å². The van der Waals surface area contributed by atoms with Gasteiger partial charge < -0.3 is 23.7 Å². The topological polar surface area (TPSA) is 80.3 Å². The number of ether oxygens (including phenoxy) is 5. The molecule has 0 bridgehead atoms. The summed E-state index contributed by atoms with van der Waals surface area (Å²) in [7, 11) is 0. The van der Waals surface area contributed by atoms with E-state index in [9.17, 15) is 9.59 Å². The second-order valence-corrected chi connectivity index (χ2v) is 7.69. The van der Waals surface area contributed by atoms with Gasteiger partial charge >= 0.3 is 0 Å². The summed E-state index contributed by atoms with van der Waals surface area (Å²) in [5, 5.41) is -1.03. The van der Waals surface area contributed by atoms with Crippen molar-refractivity contribution in [1.82, 2.24) is 0 Å². The molecule has 2 aromatic carbocycles. The molecule has 0 spiro atoms. The minimum absolute atomic E-state index is 0.422. The van der Waals surface area contributed by atoms with E-state index in [0.29, 0.717) is 52.9 Å². The fourth-order valence-electron chi connectivity index (χ4n) is 2.65. The molecule has 0 radical (unpaired) electrons. The summed E-state index contributed by atoms with van der Waals surface area (Å²) in [5.74, 6) is 1.43. The van der Waals surface area contributed by atoms with Gasteiger partial charge in [-0.25, -0.2) is 0 Å². The van der Waals surface area contributed by atoms with Gasteiger partial charge in [-0.1, -0.05) is 36.4 Å². The number of carbonyl (C=O) groups excluding carboxylic acids is 2. The maximum Gasteiger partial charge on any atom is 0.245 e. The third-order valence-corrected chi connectivity index (χ3v) is 4.56. The number of carbonyl (C=O) groups is 2. The molecule has 35 heavy (non-hydrogen) atoms. The molecule has 2 rings (SSSR count). The Morgan fingerprint density at radius 2 is 0.857 bits per heavy atom. The van der Waals surface area contributed by atoms with Gasteiger partial charge in [-0.2, -0.15) is 0 Å². The zero-order valence-electron chi connectivity index (χ0n) is 19.2. The molecule has 0 heterocycles. The number of benzene rings is 2. The average molecular weight is 523 g/mol. The van der Waals surface area contributed by atoms with Crippen molar-refractivity contribution in [1.29, 1.82) is 0 Å². The number of allylic oxidation sites excluding steroid dienone is 2. The Balaban J connectivity index is 1.39. The van der Waals surface area contributed by atoms with Crippen LogP contribution in [0.4, 0.5) is 0 Å². The van der Waals surface area contributed by atoms with Gasteiger partial charge in [-0.3, -0.25) is 9.59 Å². The number of hydrogen-bond donors (Lipinski definition) is 0. The van der Waals surface area contributed by atoms with Gasteiger partial charge in [-0.15, -0.1) is 0 Å². The van der Waals surface area contributed by atoms with Crippen LogP contribution in [0, 0.1) is 0 Å². The van der Waals surface area contributed by atoms with Gasteiger partial charge in [0.25, 0.3) is 0 Å². The Bertz CT molecular complexity index is 864. The van der Waals surface area contributed by atoms with Crippen molar-refractivity contribution < 1.29 is 33.3 Å². The van der Waals surface area contributed by atoms with Crippen molar-refractivity contribution >= 4 is 45.8 Å². The molecular weight excluding hydrogens is 495 g/mol. The molecule has 0 saturated heterocycles. The second kappa shape index (κ2) is 17.7. The summed E-state index contributed by atoms with van der Waals surface area (Å²) in [6, 6.07) is 14.6. The van der Waals surface area contributed by atoms with E-state index >= 15 is 0 Å². The lowest BCUT2D eigenvalue weighted by molar-refractivity contribution is -0.108. The maximum absolute atomic E-state index is 10.7. The highest BCUT2D eigenvalue weighted by Gasteiger charge is 1.97. The molecule has 0 atom stereocenters. The molecule has 0 N–H and O–H groups in total. The molecule has 0 fully saturated rings. The number of halogens is 2. The van der Waals surface area contributed by atoms with Crippen LogP contribution in [-0.4, -0.2) is 63.3 Å². The van der Waals surface area contributed by atoms with Crippen LogP contribution in [0.2, 0.25) is 0 Å². The van der Waals surface area contributed by atoms with Crippen LogP contribution < -0.4 is 9.47 Å². The normalized spacial score (nSPS) is 11.3. The summed E-state index contributed by atoms with van der Waals surface area (Å²) in [6.07, 6.45) is 5.86. The molecule has 9 heteroatoms. The quantitative estimate of drug-likeness (QED) is 0.159. The van der Waals surface area contributed by atoms with Crippen molar-refractivity contribution in [2.24, 2.45) is 0 Å². The molecule has 188 valence electrons. The van der Waals surface area contributed by atoms with E-state index in [1.54, 1.807) is 12.2 Å². The molecule has 7 nitrogen and oxygen atoms in total. The van der Waals surface area contributed by atoms with Crippen LogP contribution in [0.25, 0.3) is 12.2 Å². The summed E-state index contributed by atoms with van der Waals surface area (Å²) in [5.41, 5.74) is 1.72. The highest BCUT2D eigenvalue weighted by atomic mass is 35.5. The fourth-order valence-corrected chi connectivity index (χ4v) is 2.78. The molecule has 0 aliphatic heterocycles. The lowest BCUT2D eigenvalue weighted by Crippen LogP contribution is -2.14. The van der Waals surface area contributed by atoms with Gasteiger partial charge in [0.2, 0.25) is 10.5 Å². The van der Waals surface area contributed by atoms with Crippen LogP contribution in [0.5, 0.6) is 11.5 Å². The summed E-state index contributed by atoms with van der Waals surface area (Å²) < 4.78 is 27.6. The van der Waals surface area contributed by atoms with E-state index in [1.807, 2.05) is 48.5 Å². The first-order chi connectivity index (χ1) is 17.0. The largest absolute Gasteiger partial charge is 0.491 e. The van der Waals surface area contributed by atoms with Crippen molar-refractivity contribution in [3.05, 3.63) is 71.8 Å². The van der Waals surface area contributed by atoms with Gasteiger partial charge in [0, 0.05) is 0 Å². The van der Waals surface area contributed by atoms with Crippen molar-refractivity contribution in [3.63, 3.8) is 0 Å². The summed E-state index contributed by atoms with van der Waals surface area (Å²) in [6.45, 7) is 3.60. The molecule has 0 aliphatic carbocycles. The highest BCUT2D eigenvalue weighted by molar-refractivity contribution is 6.67. The van der Waals surface area contributed by atoms with E-state index in [2.05, 4.69) is 0 Å². The Morgan fingerprint density at radius 1 is 0.543 bits per heavy atom. The molecule has 0 amide bonds. The zero-order chi connectivity index (χ0) is 25.1. The third kappa shape index (κ3) is 14.3. The molecule has 0 aromatic heterocycles. The number of hydrogen-bond acceptors (Lipinski definition) is 7. The van der Waals surface area contributed by atoms with E-state index in [1.165, 1.54) is 12.2 Å². The predicted molar refractivity (Wildman–Crippen MR) is 136 cm³/mol. The third-order valence-electron chi connectivity index (χ3n) is 4.31. The minimum atomic E-state index is -0.513. The molecule has 2 aromatic rings. The fraction of sp³-hybridized carbons (Fsp3) is 0.308. The van der Waals surface area contributed by atoms with E-state index in [-0.39, 0.29) is 0 Å². The Kier molecular flexibility index (Phi) is 14.5. The first kappa shape index (κ1) is 28.6. The Morgan fingerprint density at radius 3 is 1.17 bits per heavy atom. The van der Waals surface area contributed by atoms with Crippen molar-refractivity contribution in [2.75, 3.05) is 52.9 Å². The molecule has 0 saturated carbocycles. The van der Waals surface area contributed by atoms with Crippen molar-refractivity contribution in [3.8, 4) is 11.5 Å².